The number of rotatable bonds is 1. The van der Waals surface area contributed by atoms with Crippen molar-refractivity contribution in [3.63, 3.8) is 0 Å². The van der Waals surface area contributed by atoms with Crippen LogP contribution >= 0.6 is 0 Å². The predicted octanol–water partition coefficient (Wildman–Crippen LogP) is 4.93. The molecule has 2 saturated carbocycles. The van der Waals surface area contributed by atoms with Gasteiger partial charge in [0.05, 0.1) is 18.8 Å². The molecule has 1 heterocycles. The topological polar surface area (TPSA) is 58.9 Å². The Hall–Kier alpha value is -1.62. The fourth-order valence-corrected chi connectivity index (χ4v) is 7.85. The third-order valence-corrected chi connectivity index (χ3v) is 9.62. The summed E-state index contributed by atoms with van der Waals surface area (Å²) in [6.45, 7) is 5.69. The highest BCUT2D eigenvalue weighted by atomic mass is 16.7. The fourth-order valence-electron chi connectivity index (χ4n) is 7.85. The summed E-state index contributed by atoms with van der Waals surface area (Å²) in [5.41, 5.74) is 1.86. The van der Waals surface area contributed by atoms with Crippen molar-refractivity contribution in [2.45, 2.75) is 63.3 Å². The summed E-state index contributed by atoms with van der Waals surface area (Å²) in [5.74, 6) is 2.30. The molecule has 1 aromatic rings. The lowest BCUT2D eigenvalue weighted by molar-refractivity contribution is -0.178. The van der Waals surface area contributed by atoms with Crippen molar-refractivity contribution in [3.05, 3.63) is 53.6 Å². The Labute approximate surface area is 185 Å². The first-order valence-electron chi connectivity index (χ1n) is 12.0. The molecule has 4 aliphatic carbocycles. The summed E-state index contributed by atoms with van der Waals surface area (Å²) in [4.78, 5) is 0. The third kappa shape index (κ3) is 2.84. The SMILES string of the molecule is C[C@]1(O)C=C[C@H]2[C@@H]3CC=C4CC5(CC[C@@H]4[C@H]3[C@@H](c3ccc(O)cc3)C[C@@]21C)OCCO5. The summed E-state index contributed by atoms with van der Waals surface area (Å²) in [6.07, 6.45) is 11.9. The van der Waals surface area contributed by atoms with E-state index in [9.17, 15) is 10.2 Å². The van der Waals surface area contributed by atoms with Crippen LogP contribution in [0.2, 0.25) is 0 Å². The van der Waals surface area contributed by atoms with E-state index in [4.69, 9.17) is 9.47 Å². The van der Waals surface area contributed by atoms with Gasteiger partial charge in [-0.2, -0.15) is 0 Å². The molecular weight excluding hydrogens is 388 g/mol. The van der Waals surface area contributed by atoms with E-state index >= 15 is 0 Å². The molecule has 1 saturated heterocycles. The van der Waals surface area contributed by atoms with Crippen molar-refractivity contribution in [2.24, 2.45) is 29.1 Å². The molecule has 31 heavy (non-hydrogen) atoms. The van der Waals surface area contributed by atoms with E-state index in [0.29, 0.717) is 48.6 Å². The highest BCUT2D eigenvalue weighted by Crippen LogP contribution is 2.66. The van der Waals surface area contributed by atoms with Crippen molar-refractivity contribution in [1.82, 2.24) is 0 Å². The van der Waals surface area contributed by atoms with Gasteiger partial charge in [-0.05, 0) is 73.5 Å². The lowest BCUT2D eigenvalue weighted by atomic mass is 9.47. The van der Waals surface area contributed by atoms with Crippen LogP contribution in [0.3, 0.4) is 0 Å². The molecule has 7 atom stereocenters. The lowest BCUT2D eigenvalue weighted by Gasteiger charge is -2.58. The Morgan fingerprint density at radius 3 is 2.52 bits per heavy atom. The first-order valence-corrected chi connectivity index (χ1v) is 12.0. The number of ether oxygens (including phenoxy) is 2. The Balaban J connectivity index is 1.41. The highest BCUT2D eigenvalue weighted by molar-refractivity contribution is 5.36. The van der Waals surface area contributed by atoms with E-state index in [1.54, 1.807) is 0 Å². The zero-order chi connectivity index (χ0) is 21.4. The van der Waals surface area contributed by atoms with E-state index in [0.717, 1.165) is 32.1 Å². The van der Waals surface area contributed by atoms with Crippen LogP contribution in [0.1, 0.15) is 57.4 Å². The zero-order valence-corrected chi connectivity index (χ0v) is 18.6. The summed E-state index contributed by atoms with van der Waals surface area (Å²) >= 11 is 0. The van der Waals surface area contributed by atoms with Gasteiger partial charge >= 0.3 is 0 Å². The molecule has 0 unspecified atom stereocenters. The molecule has 6 rings (SSSR count). The number of benzene rings is 1. The van der Waals surface area contributed by atoms with Gasteiger partial charge in [0.25, 0.3) is 0 Å². The first kappa shape index (κ1) is 20.0. The van der Waals surface area contributed by atoms with Gasteiger partial charge in [0.15, 0.2) is 5.79 Å². The van der Waals surface area contributed by atoms with Crippen LogP contribution < -0.4 is 0 Å². The number of fused-ring (bicyclic) bond motifs is 5. The van der Waals surface area contributed by atoms with Crippen LogP contribution in [0.15, 0.2) is 48.1 Å². The maximum Gasteiger partial charge on any atom is 0.172 e. The van der Waals surface area contributed by atoms with Crippen molar-refractivity contribution < 1.29 is 19.7 Å². The van der Waals surface area contributed by atoms with Crippen molar-refractivity contribution in [1.29, 1.82) is 0 Å². The number of hydrogen-bond acceptors (Lipinski definition) is 4. The largest absolute Gasteiger partial charge is 0.508 e. The molecule has 1 aromatic carbocycles. The second kappa shape index (κ2) is 6.69. The summed E-state index contributed by atoms with van der Waals surface area (Å²) in [7, 11) is 0. The molecule has 3 fully saturated rings. The third-order valence-electron chi connectivity index (χ3n) is 9.62. The van der Waals surface area contributed by atoms with Crippen LogP contribution in [0.4, 0.5) is 0 Å². The molecule has 4 heteroatoms. The summed E-state index contributed by atoms with van der Waals surface area (Å²) in [5, 5.41) is 21.2. The number of hydrogen-bond donors (Lipinski definition) is 2. The second-order valence-electron chi connectivity index (χ2n) is 11.0. The van der Waals surface area contributed by atoms with E-state index in [1.807, 2.05) is 19.1 Å². The first-order chi connectivity index (χ1) is 14.8. The molecule has 0 radical (unpaired) electrons. The van der Waals surface area contributed by atoms with Gasteiger partial charge in [-0.3, -0.25) is 0 Å². The monoisotopic (exact) mass is 422 g/mol. The normalized spacial score (nSPS) is 45.1. The molecule has 0 bridgehead atoms. The molecule has 0 aromatic heterocycles. The van der Waals surface area contributed by atoms with Gasteiger partial charge in [0.1, 0.15) is 5.75 Å². The molecule has 2 N–H and O–H groups in total. The summed E-state index contributed by atoms with van der Waals surface area (Å²) in [6, 6.07) is 7.84. The van der Waals surface area contributed by atoms with Crippen molar-refractivity contribution >= 4 is 0 Å². The number of allylic oxidation sites excluding steroid dienone is 2. The lowest BCUT2D eigenvalue weighted by Crippen LogP contribution is -2.55. The van der Waals surface area contributed by atoms with Crippen molar-refractivity contribution in [2.75, 3.05) is 13.2 Å². The quantitative estimate of drug-likeness (QED) is 0.630. The molecule has 1 spiro atoms. The Morgan fingerprint density at radius 1 is 1.03 bits per heavy atom. The zero-order valence-electron chi connectivity index (χ0n) is 18.6. The standard InChI is InChI=1S/C27H34O4/c1-25-16-22(17-3-6-19(28)7-4-17)24-20-9-12-27(30-13-14-31-27)15-18(20)5-8-21(24)23(25)10-11-26(25,2)29/h3-7,10-11,20-24,28-29H,8-9,12-16H2,1-2H3/t20-,21-,22+,23-,24+,25-,26-/m0/s1. The molecule has 4 nitrogen and oxygen atoms in total. The fraction of sp³-hybridized carbons (Fsp3) is 0.630. The predicted molar refractivity (Wildman–Crippen MR) is 118 cm³/mol. The van der Waals surface area contributed by atoms with Gasteiger partial charge in [0, 0.05) is 18.3 Å². The smallest absolute Gasteiger partial charge is 0.172 e. The van der Waals surface area contributed by atoms with Crippen molar-refractivity contribution in [3.8, 4) is 5.75 Å². The Morgan fingerprint density at radius 2 is 1.77 bits per heavy atom. The molecule has 0 amide bonds. The van der Waals surface area contributed by atoms with E-state index in [-0.39, 0.29) is 11.2 Å². The number of aromatic hydroxyl groups is 1. The van der Waals surface area contributed by atoms with Gasteiger partial charge in [-0.1, -0.05) is 42.9 Å². The van der Waals surface area contributed by atoms with Crippen LogP contribution in [-0.4, -0.2) is 34.8 Å². The molecular formula is C27H34O4. The minimum atomic E-state index is -0.788. The number of aliphatic hydroxyl groups is 1. The maximum atomic E-state index is 11.3. The van der Waals surface area contributed by atoms with Crippen LogP contribution in [-0.2, 0) is 9.47 Å². The van der Waals surface area contributed by atoms with E-state index in [2.05, 4.69) is 37.3 Å². The highest BCUT2D eigenvalue weighted by Gasteiger charge is 2.61. The maximum absolute atomic E-state index is 11.3. The minimum absolute atomic E-state index is 0.171. The Kier molecular flexibility index (Phi) is 4.32. The molecule has 5 aliphatic rings. The average Bonchev–Trinajstić information content (AvgIpc) is 3.29. The molecule has 166 valence electrons. The van der Waals surface area contributed by atoms with Crippen LogP contribution in [0, 0.1) is 29.1 Å². The second-order valence-corrected chi connectivity index (χ2v) is 11.0. The van der Waals surface area contributed by atoms with E-state index in [1.165, 1.54) is 11.1 Å². The van der Waals surface area contributed by atoms with Gasteiger partial charge in [-0.15, -0.1) is 0 Å². The minimum Gasteiger partial charge on any atom is -0.508 e. The molecule has 1 aliphatic heterocycles. The average molecular weight is 423 g/mol. The van der Waals surface area contributed by atoms with Crippen LogP contribution in [0.25, 0.3) is 0 Å². The van der Waals surface area contributed by atoms with Gasteiger partial charge < -0.3 is 19.7 Å². The van der Waals surface area contributed by atoms with Crippen LogP contribution in [0.5, 0.6) is 5.75 Å². The van der Waals surface area contributed by atoms with E-state index < -0.39 is 5.60 Å². The number of phenolic OH excluding ortho intramolecular Hbond substituents is 1. The van der Waals surface area contributed by atoms with Gasteiger partial charge in [0.2, 0.25) is 0 Å². The van der Waals surface area contributed by atoms with Gasteiger partial charge in [-0.25, -0.2) is 0 Å². The summed E-state index contributed by atoms with van der Waals surface area (Å²) < 4.78 is 12.1. The number of phenols is 1. The Bertz CT molecular complexity index is 923.